The minimum atomic E-state index is -1.94. The second kappa shape index (κ2) is 5.20. The molecule has 0 unspecified atom stereocenters. The van der Waals surface area contributed by atoms with E-state index in [0.717, 1.165) is 0 Å². The van der Waals surface area contributed by atoms with Gasteiger partial charge in [-0.25, -0.2) is 0 Å². The van der Waals surface area contributed by atoms with Gasteiger partial charge in [-0.3, -0.25) is 14.4 Å². The van der Waals surface area contributed by atoms with E-state index in [0.29, 0.717) is 0 Å². The Bertz CT molecular complexity index is 493. The fourth-order valence-corrected chi connectivity index (χ4v) is 1.72. The van der Waals surface area contributed by atoms with Crippen molar-refractivity contribution in [1.82, 2.24) is 0 Å². The van der Waals surface area contributed by atoms with Crippen molar-refractivity contribution in [2.45, 2.75) is 27.1 Å². The third kappa shape index (κ3) is 2.69. The van der Waals surface area contributed by atoms with E-state index in [1.807, 2.05) is 0 Å². The first-order chi connectivity index (χ1) is 8.25. The second-order valence-electron chi connectivity index (χ2n) is 4.03. The van der Waals surface area contributed by atoms with Crippen molar-refractivity contribution in [2.24, 2.45) is 0 Å². The van der Waals surface area contributed by atoms with Crippen LogP contribution in [0.15, 0.2) is 12.1 Å². The van der Waals surface area contributed by atoms with Crippen LogP contribution in [-0.4, -0.2) is 27.6 Å². The molecular formula is C13H14O5. The highest BCUT2D eigenvalue weighted by atomic mass is 16.5. The van der Waals surface area contributed by atoms with Gasteiger partial charge < -0.3 is 10.2 Å². The number of carbonyl (C=O) groups excluding carboxylic acids is 3. The number of ketones is 3. The Balaban J connectivity index is 3.71. The molecule has 5 nitrogen and oxygen atoms in total. The number of hydrogen-bond donors (Lipinski definition) is 2. The van der Waals surface area contributed by atoms with Crippen LogP contribution >= 0.6 is 0 Å². The van der Waals surface area contributed by atoms with Crippen molar-refractivity contribution in [3.8, 4) is 0 Å². The summed E-state index contributed by atoms with van der Waals surface area (Å²) in [6.45, 7) is 3.77. The van der Waals surface area contributed by atoms with Gasteiger partial charge in [-0.15, -0.1) is 0 Å². The summed E-state index contributed by atoms with van der Waals surface area (Å²) >= 11 is 0. The van der Waals surface area contributed by atoms with Gasteiger partial charge in [0, 0.05) is 22.3 Å². The smallest absolute Gasteiger partial charge is 0.179 e. The van der Waals surface area contributed by atoms with Gasteiger partial charge in [0.1, 0.15) is 0 Å². The molecule has 0 aliphatic rings. The molecule has 0 amide bonds. The third-order valence-corrected chi connectivity index (χ3v) is 2.60. The van der Waals surface area contributed by atoms with Crippen LogP contribution in [0, 0.1) is 0 Å². The standard InChI is InChI=1S/C13H14O5/c1-6(14)9-4-10(7(2)15)12(13(17)18)11(5-9)8(3)16/h4-5,13,17-18H,1-3H3. The van der Waals surface area contributed by atoms with E-state index in [1.54, 1.807) is 0 Å². The molecule has 0 bridgehead atoms. The van der Waals surface area contributed by atoms with Gasteiger partial charge in [-0.1, -0.05) is 0 Å². The topological polar surface area (TPSA) is 91.7 Å². The molecule has 1 rings (SSSR count). The van der Waals surface area contributed by atoms with Gasteiger partial charge in [-0.2, -0.15) is 0 Å². The number of hydrogen-bond acceptors (Lipinski definition) is 5. The van der Waals surface area contributed by atoms with Crippen LogP contribution in [0.4, 0.5) is 0 Å². The quantitative estimate of drug-likeness (QED) is 0.620. The maximum Gasteiger partial charge on any atom is 0.179 e. The van der Waals surface area contributed by atoms with Gasteiger partial charge in [0.25, 0.3) is 0 Å². The summed E-state index contributed by atoms with van der Waals surface area (Å²) in [4.78, 5) is 34.3. The van der Waals surface area contributed by atoms with E-state index < -0.39 is 17.9 Å². The molecule has 96 valence electrons. The van der Waals surface area contributed by atoms with E-state index in [9.17, 15) is 24.6 Å². The summed E-state index contributed by atoms with van der Waals surface area (Å²) in [5, 5.41) is 18.6. The van der Waals surface area contributed by atoms with Crippen LogP contribution in [0.2, 0.25) is 0 Å². The fourth-order valence-electron chi connectivity index (χ4n) is 1.72. The van der Waals surface area contributed by atoms with Gasteiger partial charge >= 0.3 is 0 Å². The number of aliphatic hydroxyl groups is 2. The lowest BCUT2D eigenvalue weighted by molar-refractivity contribution is -0.0433. The summed E-state index contributed by atoms with van der Waals surface area (Å²) in [7, 11) is 0. The maximum atomic E-state index is 11.5. The van der Waals surface area contributed by atoms with Crippen molar-refractivity contribution in [2.75, 3.05) is 0 Å². The summed E-state index contributed by atoms with van der Waals surface area (Å²) in [5.74, 6) is -1.19. The lowest BCUT2D eigenvalue weighted by Crippen LogP contribution is -2.13. The average Bonchev–Trinajstić information content (AvgIpc) is 2.26. The molecule has 0 fully saturated rings. The maximum absolute atomic E-state index is 11.5. The first-order valence-corrected chi connectivity index (χ1v) is 5.32. The molecule has 0 atom stereocenters. The van der Waals surface area contributed by atoms with Crippen molar-refractivity contribution in [3.05, 3.63) is 34.4 Å². The zero-order valence-electron chi connectivity index (χ0n) is 10.4. The first-order valence-electron chi connectivity index (χ1n) is 5.32. The molecule has 1 aromatic carbocycles. The minimum Gasteiger partial charge on any atom is -0.364 e. The van der Waals surface area contributed by atoms with Crippen LogP contribution in [0.1, 0.15) is 63.7 Å². The zero-order chi connectivity index (χ0) is 14.0. The van der Waals surface area contributed by atoms with Gasteiger partial charge in [0.05, 0.1) is 0 Å². The summed E-state index contributed by atoms with van der Waals surface area (Å²) in [6.07, 6.45) is -1.94. The lowest BCUT2D eigenvalue weighted by Gasteiger charge is -2.14. The number of aliphatic hydroxyl groups excluding tert-OH is 1. The van der Waals surface area contributed by atoms with E-state index in [-0.39, 0.29) is 28.0 Å². The Morgan fingerprint density at radius 1 is 0.889 bits per heavy atom. The number of carbonyl (C=O) groups is 3. The second-order valence-corrected chi connectivity index (χ2v) is 4.03. The highest BCUT2D eigenvalue weighted by molar-refractivity contribution is 6.06. The van der Waals surface area contributed by atoms with Crippen LogP contribution in [0.25, 0.3) is 0 Å². The molecule has 0 spiro atoms. The summed E-state index contributed by atoms with van der Waals surface area (Å²) in [6, 6.07) is 2.54. The zero-order valence-corrected chi connectivity index (χ0v) is 10.4. The van der Waals surface area contributed by atoms with Gasteiger partial charge in [-0.05, 0) is 32.9 Å². The Labute approximate surface area is 104 Å². The highest BCUT2D eigenvalue weighted by Gasteiger charge is 2.22. The predicted molar refractivity (Wildman–Crippen MR) is 63.6 cm³/mol. The van der Waals surface area contributed by atoms with Gasteiger partial charge in [0.2, 0.25) is 0 Å². The minimum absolute atomic E-state index is 0.0251. The molecule has 0 aliphatic carbocycles. The monoisotopic (exact) mass is 250 g/mol. The number of rotatable bonds is 4. The molecule has 1 aromatic rings. The third-order valence-electron chi connectivity index (χ3n) is 2.60. The summed E-state index contributed by atoms with van der Waals surface area (Å²) < 4.78 is 0. The molecule has 0 saturated carbocycles. The molecule has 0 saturated heterocycles. The van der Waals surface area contributed by atoms with E-state index in [1.165, 1.54) is 32.9 Å². The van der Waals surface area contributed by atoms with Crippen molar-refractivity contribution >= 4 is 17.3 Å². The first kappa shape index (κ1) is 14.2. The van der Waals surface area contributed by atoms with Gasteiger partial charge in [0.15, 0.2) is 23.6 Å². The molecule has 0 aromatic heterocycles. The Hall–Kier alpha value is -1.85. The molecule has 18 heavy (non-hydrogen) atoms. The molecule has 0 heterocycles. The van der Waals surface area contributed by atoms with E-state index in [2.05, 4.69) is 0 Å². The van der Waals surface area contributed by atoms with Crippen molar-refractivity contribution < 1.29 is 24.6 Å². The summed E-state index contributed by atoms with van der Waals surface area (Å²) in [5.41, 5.74) is -0.0133. The predicted octanol–water partition coefficient (Wildman–Crippen LogP) is 1.28. The molecule has 2 N–H and O–H groups in total. The normalized spacial score (nSPS) is 10.6. The van der Waals surface area contributed by atoms with Crippen LogP contribution in [-0.2, 0) is 0 Å². The molecular weight excluding hydrogens is 236 g/mol. The Morgan fingerprint density at radius 2 is 1.28 bits per heavy atom. The van der Waals surface area contributed by atoms with E-state index in [4.69, 9.17) is 0 Å². The lowest BCUT2D eigenvalue weighted by atomic mass is 9.92. The number of Topliss-reactive ketones (excluding diaryl/α,β-unsaturated/α-hetero) is 3. The molecule has 5 heteroatoms. The Kier molecular flexibility index (Phi) is 4.11. The SMILES string of the molecule is CC(=O)c1cc(C(C)=O)c(C(O)O)c(C(C)=O)c1. The fraction of sp³-hybridized carbons (Fsp3) is 0.308. The van der Waals surface area contributed by atoms with Crippen LogP contribution in [0.5, 0.6) is 0 Å². The van der Waals surface area contributed by atoms with Crippen LogP contribution < -0.4 is 0 Å². The number of benzene rings is 1. The van der Waals surface area contributed by atoms with Crippen molar-refractivity contribution in [3.63, 3.8) is 0 Å². The highest BCUT2D eigenvalue weighted by Crippen LogP contribution is 2.24. The molecule has 0 aliphatic heterocycles. The average molecular weight is 250 g/mol. The van der Waals surface area contributed by atoms with E-state index >= 15 is 0 Å². The molecule has 0 radical (unpaired) electrons. The Morgan fingerprint density at radius 3 is 1.50 bits per heavy atom. The van der Waals surface area contributed by atoms with Crippen molar-refractivity contribution in [1.29, 1.82) is 0 Å². The van der Waals surface area contributed by atoms with Crippen LogP contribution in [0.3, 0.4) is 0 Å². The largest absolute Gasteiger partial charge is 0.364 e.